The average molecular weight is 304 g/mol. The van der Waals surface area contributed by atoms with Crippen molar-refractivity contribution in [3.63, 3.8) is 0 Å². The van der Waals surface area contributed by atoms with E-state index in [0.717, 1.165) is 41.5 Å². The van der Waals surface area contributed by atoms with Gasteiger partial charge in [-0.2, -0.15) is 4.98 Å². The second-order valence-electron chi connectivity index (χ2n) is 6.07. The van der Waals surface area contributed by atoms with Gasteiger partial charge < -0.3 is 10.6 Å². The number of hydrogen-bond donors (Lipinski definition) is 2. The highest BCUT2D eigenvalue weighted by atomic mass is 32.1. The third-order valence-corrected chi connectivity index (χ3v) is 5.03. The first kappa shape index (κ1) is 14.6. The molecule has 5 heteroatoms. The first-order valence-electron chi connectivity index (χ1n) is 7.99. The van der Waals surface area contributed by atoms with Gasteiger partial charge in [-0.05, 0) is 42.5 Å². The van der Waals surface area contributed by atoms with E-state index in [1.54, 1.807) is 11.3 Å². The molecule has 0 amide bonds. The molecule has 4 nitrogen and oxygen atoms in total. The number of rotatable bonds is 8. The zero-order valence-electron chi connectivity index (χ0n) is 12.9. The van der Waals surface area contributed by atoms with Gasteiger partial charge in [0.1, 0.15) is 10.6 Å². The number of anilines is 2. The van der Waals surface area contributed by atoms with Gasteiger partial charge in [0.15, 0.2) is 0 Å². The molecule has 1 fully saturated rings. The first-order valence-corrected chi connectivity index (χ1v) is 8.87. The van der Waals surface area contributed by atoms with Gasteiger partial charge in [-0.25, -0.2) is 4.98 Å². The van der Waals surface area contributed by atoms with Crippen LogP contribution in [-0.4, -0.2) is 23.1 Å². The van der Waals surface area contributed by atoms with Gasteiger partial charge >= 0.3 is 0 Å². The van der Waals surface area contributed by atoms with Crippen molar-refractivity contribution in [2.45, 2.75) is 46.0 Å². The van der Waals surface area contributed by atoms with Gasteiger partial charge in [0, 0.05) is 13.1 Å². The Balaban J connectivity index is 1.77. The summed E-state index contributed by atoms with van der Waals surface area (Å²) in [4.78, 5) is 10.3. The fraction of sp³-hybridized carbons (Fsp3) is 0.625. The normalized spacial score (nSPS) is 16.1. The zero-order chi connectivity index (χ0) is 14.7. The van der Waals surface area contributed by atoms with E-state index in [1.807, 2.05) is 0 Å². The third-order valence-electron chi connectivity index (χ3n) is 4.23. The van der Waals surface area contributed by atoms with Crippen molar-refractivity contribution in [3.05, 3.63) is 11.4 Å². The van der Waals surface area contributed by atoms with Crippen molar-refractivity contribution in [1.29, 1.82) is 0 Å². The molecule has 0 spiro atoms. The van der Waals surface area contributed by atoms with Crippen LogP contribution in [0.2, 0.25) is 0 Å². The molecule has 0 aliphatic heterocycles. The number of fused-ring (bicyclic) bond motifs is 1. The molecule has 0 bridgehead atoms. The van der Waals surface area contributed by atoms with E-state index in [-0.39, 0.29) is 0 Å². The molecular weight excluding hydrogens is 280 g/mol. The maximum absolute atomic E-state index is 4.67. The molecule has 0 aromatic carbocycles. The Hall–Kier alpha value is -1.36. The molecule has 21 heavy (non-hydrogen) atoms. The van der Waals surface area contributed by atoms with Crippen LogP contribution >= 0.6 is 11.3 Å². The minimum atomic E-state index is 0.527. The summed E-state index contributed by atoms with van der Waals surface area (Å²) in [7, 11) is 0. The van der Waals surface area contributed by atoms with Crippen LogP contribution < -0.4 is 10.6 Å². The predicted octanol–water partition coefficient (Wildman–Crippen LogP) is 4.51. The summed E-state index contributed by atoms with van der Waals surface area (Å²) in [5.74, 6) is 1.73. The smallest absolute Gasteiger partial charge is 0.226 e. The second kappa shape index (κ2) is 6.18. The average Bonchev–Trinajstić information content (AvgIpc) is 3.09. The van der Waals surface area contributed by atoms with Crippen LogP contribution in [0.1, 0.15) is 46.0 Å². The molecule has 1 saturated carbocycles. The van der Waals surface area contributed by atoms with Gasteiger partial charge in [0.2, 0.25) is 5.95 Å². The quantitative estimate of drug-likeness (QED) is 0.753. The van der Waals surface area contributed by atoms with E-state index in [2.05, 4.69) is 45.9 Å². The van der Waals surface area contributed by atoms with E-state index >= 15 is 0 Å². The molecule has 2 aromatic rings. The summed E-state index contributed by atoms with van der Waals surface area (Å²) in [6.45, 7) is 6.37. The maximum Gasteiger partial charge on any atom is 0.226 e. The van der Waals surface area contributed by atoms with E-state index < -0.39 is 0 Å². The molecule has 1 aliphatic carbocycles. The fourth-order valence-corrected chi connectivity index (χ4v) is 3.56. The van der Waals surface area contributed by atoms with Crippen LogP contribution in [0.3, 0.4) is 0 Å². The predicted molar refractivity (Wildman–Crippen MR) is 91.3 cm³/mol. The standard InChI is InChI=1S/C16H24N4S/c1-3-6-16(7-8-16)11-18-13-12-5-10-21-14(12)20-15(19-13)17-9-4-2/h5,10H,3-4,6-9,11H2,1-2H3,(H2,17,18,19,20). The lowest BCUT2D eigenvalue weighted by molar-refractivity contribution is 0.485. The number of nitrogens with zero attached hydrogens (tertiary/aromatic N) is 2. The van der Waals surface area contributed by atoms with E-state index in [9.17, 15) is 0 Å². The second-order valence-corrected chi connectivity index (χ2v) is 6.96. The Morgan fingerprint density at radius 1 is 1.19 bits per heavy atom. The van der Waals surface area contributed by atoms with Gasteiger partial charge in [-0.15, -0.1) is 11.3 Å². The van der Waals surface area contributed by atoms with E-state index in [4.69, 9.17) is 0 Å². The molecule has 3 rings (SSSR count). The number of aromatic nitrogens is 2. The highest BCUT2D eigenvalue weighted by Crippen LogP contribution is 2.49. The van der Waals surface area contributed by atoms with Crippen LogP contribution in [0, 0.1) is 5.41 Å². The molecule has 1 aliphatic rings. The Morgan fingerprint density at radius 2 is 2.05 bits per heavy atom. The SMILES string of the molecule is CCCNc1nc(NCC2(CCC)CC2)c2ccsc2n1. The Kier molecular flexibility index (Phi) is 4.29. The van der Waals surface area contributed by atoms with Crippen molar-refractivity contribution >= 4 is 33.3 Å². The van der Waals surface area contributed by atoms with E-state index in [0.29, 0.717) is 5.41 Å². The minimum Gasteiger partial charge on any atom is -0.369 e. The molecule has 0 atom stereocenters. The van der Waals surface area contributed by atoms with Crippen molar-refractivity contribution in [1.82, 2.24) is 9.97 Å². The lowest BCUT2D eigenvalue weighted by atomic mass is 10.0. The lowest BCUT2D eigenvalue weighted by Gasteiger charge is -2.16. The van der Waals surface area contributed by atoms with E-state index in [1.165, 1.54) is 25.7 Å². The first-order chi connectivity index (χ1) is 10.3. The number of nitrogens with one attached hydrogen (secondary N) is 2. The van der Waals surface area contributed by atoms with Gasteiger partial charge in [-0.3, -0.25) is 0 Å². The molecule has 2 heterocycles. The molecule has 2 aromatic heterocycles. The van der Waals surface area contributed by atoms with Crippen LogP contribution in [0.4, 0.5) is 11.8 Å². The fourth-order valence-electron chi connectivity index (χ4n) is 2.80. The number of hydrogen-bond acceptors (Lipinski definition) is 5. The molecule has 114 valence electrons. The summed E-state index contributed by atoms with van der Waals surface area (Å²) in [6, 6.07) is 2.12. The van der Waals surface area contributed by atoms with Gasteiger partial charge in [0.05, 0.1) is 5.39 Å². The van der Waals surface area contributed by atoms with Crippen molar-refractivity contribution in [2.75, 3.05) is 23.7 Å². The topological polar surface area (TPSA) is 49.8 Å². The molecule has 2 N–H and O–H groups in total. The van der Waals surface area contributed by atoms with Gasteiger partial charge in [0.25, 0.3) is 0 Å². The summed E-state index contributed by atoms with van der Waals surface area (Å²) < 4.78 is 0. The Bertz CT molecular complexity index is 603. The van der Waals surface area contributed by atoms with Crippen LogP contribution in [0.15, 0.2) is 11.4 Å². The monoisotopic (exact) mass is 304 g/mol. The van der Waals surface area contributed by atoms with Crippen molar-refractivity contribution < 1.29 is 0 Å². The van der Waals surface area contributed by atoms with Crippen molar-refractivity contribution in [2.24, 2.45) is 5.41 Å². The molecule has 0 saturated heterocycles. The zero-order valence-corrected chi connectivity index (χ0v) is 13.7. The Morgan fingerprint density at radius 3 is 2.76 bits per heavy atom. The molecule has 0 radical (unpaired) electrons. The van der Waals surface area contributed by atoms with Crippen LogP contribution in [0.5, 0.6) is 0 Å². The summed E-state index contributed by atoms with van der Waals surface area (Å²) >= 11 is 1.68. The number of thiophene rings is 1. The molecule has 0 unspecified atom stereocenters. The summed E-state index contributed by atoms with van der Waals surface area (Å²) in [6.07, 6.45) is 6.37. The van der Waals surface area contributed by atoms with Crippen LogP contribution in [-0.2, 0) is 0 Å². The third kappa shape index (κ3) is 3.28. The maximum atomic E-state index is 4.67. The Labute approximate surface area is 130 Å². The summed E-state index contributed by atoms with van der Waals surface area (Å²) in [5.41, 5.74) is 0.527. The van der Waals surface area contributed by atoms with Crippen molar-refractivity contribution in [3.8, 4) is 0 Å². The highest BCUT2D eigenvalue weighted by molar-refractivity contribution is 7.16. The minimum absolute atomic E-state index is 0.527. The highest BCUT2D eigenvalue weighted by Gasteiger charge is 2.41. The largest absolute Gasteiger partial charge is 0.369 e. The lowest BCUT2D eigenvalue weighted by Crippen LogP contribution is -2.16. The molecular formula is C16H24N4S. The van der Waals surface area contributed by atoms with Crippen LogP contribution in [0.25, 0.3) is 10.2 Å². The van der Waals surface area contributed by atoms with Gasteiger partial charge in [-0.1, -0.05) is 20.3 Å². The summed E-state index contributed by atoms with van der Waals surface area (Å²) in [5, 5.41) is 10.1.